The molecule has 24 heavy (non-hydrogen) atoms. The molecule has 122 valence electrons. The quantitative estimate of drug-likeness (QED) is 0.722. The largest absolute Gasteiger partial charge is 0.318 e. The van der Waals surface area contributed by atoms with Crippen molar-refractivity contribution in [3.63, 3.8) is 0 Å². The van der Waals surface area contributed by atoms with E-state index in [0.717, 1.165) is 30.8 Å². The molecule has 0 aliphatic carbocycles. The normalized spacial score (nSPS) is 15.7. The summed E-state index contributed by atoms with van der Waals surface area (Å²) in [5.41, 5.74) is 7.62. The maximum atomic E-state index is 4.38. The summed E-state index contributed by atoms with van der Waals surface area (Å²) in [6.07, 6.45) is 6.73. The van der Waals surface area contributed by atoms with E-state index in [4.69, 9.17) is 0 Å². The van der Waals surface area contributed by atoms with Crippen molar-refractivity contribution in [3.05, 3.63) is 59.3 Å². The zero-order chi connectivity index (χ0) is 16.7. The van der Waals surface area contributed by atoms with Crippen molar-refractivity contribution in [3.8, 4) is 0 Å². The van der Waals surface area contributed by atoms with Gasteiger partial charge in [0.05, 0.1) is 11.2 Å². The van der Waals surface area contributed by atoms with E-state index in [0.29, 0.717) is 0 Å². The first-order chi connectivity index (χ1) is 11.6. The average molecular weight is 318 g/mol. The molecule has 0 bridgehead atoms. The van der Waals surface area contributed by atoms with Crippen molar-refractivity contribution in [2.45, 2.75) is 26.8 Å². The summed E-state index contributed by atoms with van der Waals surface area (Å²) in [5, 5.41) is 1.39. The molecule has 1 aromatic carbocycles. The molecule has 3 heterocycles. The minimum absolute atomic E-state index is 0.969. The topological polar surface area (TPSA) is 34.0 Å². The first-order valence-corrected chi connectivity index (χ1v) is 8.39. The Kier molecular flexibility index (Phi) is 3.69. The molecule has 0 amide bonds. The number of fused-ring (bicyclic) bond motifs is 3. The van der Waals surface area contributed by atoms with Gasteiger partial charge in [-0.25, -0.2) is 9.97 Å². The van der Waals surface area contributed by atoms with E-state index in [9.17, 15) is 0 Å². The minimum Gasteiger partial charge on any atom is -0.318 e. The van der Waals surface area contributed by atoms with Crippen molar-refractivity contribution in [1.82, 2.24) is 19.4 Å². The number of nitrogens with zero attached hydrogens (tertiary/aromatic N) is 4. The third kappa shape index (κ3) is 2.53. The highest BCUT2D eigenvalue weighted by Crippen LogP contribution is 2.32. The molecule has 0 spiro atoms. The highest BCUT2D eigenvalue weighted by Gasteiger charge is 2.21. The second-order valence-electron chi connectivity index (χ2n) is 6.71. The van der Waals surface area contributed by atoms with Crippen LogP contribution in [0.25, 0.3) is 22.7 Å². The zero-order valence-corrected chi connectivity index (χ0v) is 14.5. The molecular formula is C20H22N4. The van der Waals surface area contributed by atoms with Crippen LogP contribution in [0.5, 0.6) is 0 Å². The van der Waals surface area contributed by atoms with Gasteiger partial charge in [0.25, 0.3) is 0 Å². The summed E-state index contributed by atoms with van der Waals surface area (Å²) in [5.74, 6) is 0. The van der Waals surface area contributed by atoms with Gasteiger partial charge in [-0.3, -0.25) is 0 Å². The van der Waals surface area contributed by atoms with Crippen LogP contribution in [0.15, 0.2) is 36.8 Å². The second-order valence-corrected chi connectivity index (χ2v) is 6.71. The van der Waals surface area contributed by atoms with Gasteiger partial charge in [-0.05, 0) is 56.7 Å². The number of hydrogen-bond donors (Lipinski definition) is 0. The third-order valence-electron chi connectivity index (χ3n) is 4.85. The zero-order valence-electron chi connectivity index (χ0n) is 14.5. The molecule has 0 saturated carbocycles. The number of likely N-dealkylation sites (N-methyl/N-ethyl adjacent to an activating group) is 1. The van der Waals surface area contributed by atoms with Crippen LogP contribution in [-0.4, -0.2) is 33.0 Å². The number of aromatic nitrogens is 3. The average Bonchev–Trinajstić information content (AvgIpc) is 2.88. The predicted molar refractivity (Wildman–Crippen MR) is 98.6 cm³/mol. The summed E-state index contributed by atoms with van der Waals surface area (Å²) in [7, 11) is 2.19. The molecule has 4 heteroatoms. The summed E-state index contributed by atoms with van der Waals surface area (Å²) >= 11 is 0. The van der Waals surface area contributed by atoms with Gasteiger partial charge in [-0.2, -0.15) is 0 Å². The molecule has 0 fully saturated rings. The Morgan fingerprint density at radius 1 is 1.25 bits per heavy atom. The molecule has 2 aromatic heterocycles. The first kappa shape index (κ1) is 15.1. The molecule has 1 aliphatic rings. The van der Waals surface area contributed by atoms with Crippen LogP contribution < -0.4 is 0 Å². The molecule has 3 aromatic rings. The van der Waals surface area contributed by atoms with Crippen molar-refractivity contribution in [1.29, 1.82) is 0 Å². The standard InChI is InChI=1S/C20H22N4/c1-14-4-5-19-17(10-14)16-7-9-23(3)12-20(16)24(19)11-15(2)18-6-8-21-13-22-18/h4-6,8,10-11,13H,7,9,12H2,1-3H3. The number of benzene rings is 1. The lowest BCUT2D eigenvalue weighted by molar-refractivity contribution is 0.308. The fraction of sp³-hybridized carbons (Fsp3) is 0.300. The predicted octanol–water partition coefficient (Wildman–Crippen LogP) is 3.75. The van der Waals surface area contributed by atoms with Crippen LogP contribution in [0, 0.1) is 6.92 Å². The first-order valence-electron chi connectivity index (χ1n) is 8.39. The fourth-order valence-corrected chi connectivity index (χ4v) is 3.57. The summed E-state index contributed by atoms with van der Waals surface area (Å²) < 4.78 is 2.36. The Bertz CT molecular complexity index is 922. The lowest BCUT2D eigenvalue weighted by Crippen LogP contribution is -2.27. The van der Waals surface area contributed by atoms with Gasteiger partial charge in [0.2, 0.25) is 0 Å². The fourth-order valence-electron chi connectivity index (χ4n) is 3.57. The third-order valence-corrected chi connectivity index (χ3v) is 4.85. The summed E-state index contributed by atoms with van der Waals surface area (Å²) in [6.45, 7) is 6.38. The lowest BCUT2D eigenvalue weighted by Gasteiger charge is -2.24. The Labute approximate surface area is 142 Å². The number of hydrogen-bond acceptors (Lipinski definition) is 3. The number of rotatable bonds is 2. The van der Waals surface area contributed by atoms with E-state index in [1.807, 2.05) is 6.07 Å². The van der Waals surface area contributed by atoms with E-state index >= 15 is 0 Å². The van der Waals surface area contributed by atoms with Crippen LogP contribution in [0.1, 0.15) is 29.4 Å². The molecule has 1 aliphatic heterocycles. The number of allylic oxidation sites excluding steroid dienone is 1. The Balaban J connectivity index is 1.93. The Morgan fingerprint density at radius 2 is 2.12 bits per heavy atom. The van der Waals surface area contributed by atoms with E-state index < -0.39 is 0 Å². The molecule has 0 atom stereocenters. The maximum absolute atomic E-state index is 4.38. The molecule has 0 saturated heterocycles. The maximum Gasteiger partial charge on any atom is 0.116 e. The molecular weight excluding hydrogens is 296 g/mol. The van der Waals surface area contributed by atoms with Crippen LogP contribution in [0.3, 0.4) is 0 Å². The van der Waals surface area contributed by atoms with Gasteiger partial charge in [0.1, 0.15) is 6.33 Å². The van der Waals surface area contributed by atoms with E-state index in [1.165, 1.54) is 27.7 Å². The van der Waals surface area contributed by atoms with Gasteiger partial charge in [0, 0.05) is 36.6 Å². The van der Waals surface area contributed by atoms with Crippen molar-refractivity contribution < 1.29 is 0 Å². The Hall–Kier alpha value is -2.46. The second kappa shape index (κ2) is 5.87. The smallest absolute Gasteiger partial charge is 0.116 e. The Morgan fingerprint density at radius 3 is 2.92 bits per heavy atom. The van der Waals surface area contributed by atoms with Crippen molar-refractivity contribution in [2.24, 2.45) is 0 Å². The van der Waals surface area contributed by atoms with Gasteiger partial charge < -0.3 is 9.47 Å². The number of aryl methyl sites for hydroxylation is 1. The van der Waals surface area contributed by atoms with E-state index in [2.05, 4.69) is 64.7 Å². The van der Waals surface area contributed by atoms with Gasteiger partial charge in [0.15, 0.2) is 0 Å². The van der Waals surface area contributed by atoms with Gasteiger partial charge >= 0.3 is 0 Å². The molecule has 0 unspecified atom stereocenters. The highest BCUT2D eigenvalue weighted by molar-refractivity contribution is 5.90. The van der Waals surface area contributed by atoms with Crippen LogP contribution in [-0.2, 0) is 13.0 Å². The van der Waals surface area contributed by atoms with Crippen LogP contribution >= 0.6 is 0 Å². The monoisotopic (exact) mass is 318 g/mol. The van der Waals surface area contributed by atoms with Crippen LogP contribution in [0.4, 0.5) is 0 Å². The summed E-state index contributed by atoms with van der Waals surface area (Å²) in [4.78, 5) is 10.8. The van der Waals surface area contributed by atoms with Crippen molar-refractivity contribution in [2.75, 3.05) is 13.6 Å². The van der Waals surface area contributed by atoms with Crippen LogP contribution in [0.2, 0.25) is 0 Å². The van der Waals surface area contributed by atoms with E-state index in [1.54, 1.807) is 12.5 Å². The summed E-state index contributed by atoms with van der Waals surface area (Å²) in [6, 6.07) is 8.72. The van der Waals surface area contributed by atoms with Crippen molar-refractivity contribution >= 4 is 22.7 Å². The molecule has 4 nitrogen and oxygen atoms in total. The minimum atomic E-state index is 0.969. The lowest BCUT2D eigenvalue weighted by atomic mass is 10.0. The molecule has 0 radical (unpaired) electrons. The molecule has 4 rings (SSSR count). The van der Waals surface area contributed by atoms with Gasteiger partial charge in [-0.15, -0.1) is 0 Å². The SMILES string of the molecule is CC(=Cn1c2c(c3cc(C)ccc31)CCN(C)C2)c1ccncn1. The molecule has 0 N–H and O–H groups in total. The highest BCUT2D eigenvalue weighted by atomic mass is 15.1. The van der Waals surface area contributed by atoms with Gasteiger partial charge in [-0.1, -0.05) is 11.6 Å². The van der Waals surface area contributed by atoms with E-state index in [-0.39, 0.29) is 0 Å².